The van der Waals surface area contributed by atoms with Gasteiger partial charge in [-0.25, -0.2) is 4.79 Å². The highest BCUT2D eigenvalue weighted by Crippen LogP contribution is 2.31. The molecule has 0 aliphatic carbocycles. The standard InChI is InChI=1S/C14H13ClN4O5/c1-14(7-18-6-11(19(21)22)17-12(18)24-14)8-23-13(20)16-10-4-2-9(15)3-5-10/h2-6H,7-8H2,1H3,(H,16,20). The lowest BCUT2D eigenvalue weighted by Crippen LogP contribution is -2.38. The summed E-state index contributed by atoms with van der Waals surface area (Å²) in [5.74, 6) is -0.284. The van der Waals surface area contributed by atoms with Crippen LogP contribution in [0, 0.1) is 10.1 Å². The Morgan fingerprint density at radius 1 is 1.54 bits per heavy atom. The zero-order chi connectivity index (χ0) is 17.3. The van der Waals surface area contributed by atoms with E-state index >= 15 is 0 Å². The third kappa shape index (κ3) is 3.40. The molecule has 1 aliphatic heterocycles. The number of ether oxygens (including phenoxy) is 2. The number of nitro groups is 1. The molecule has 126 valence electrons. The van der Waals surface area contributed by atoms with Crippen molar-refractivity contribution in [2.24, 2.45) is 0 Å². The molecule has 1 unspecified atom stereocenters. The number of aromatic nitrogens is 2. The summed E-state index contributed by atoms with van der Waals surface area (Å²) in [7, 11) is 0. The van der Waals surface area contributed by atoms with Gasteiger partial charge in [-0.05, 0) is 36.1 Å². The first kappa shape index (κ1) is 16.1. The number of nitrogens with zero attached hydrogens (tertiary/aromatic N) is 3. The van der Waals surface area contributed by atoms with Gasteiger partial charge in [0.1, 0.15) is 12.8 Å². The van der Waals surface area contributed by atoms with Crippen molar-refractivity contribution in [2.45, 2.75) is 19.1 Å². The van der Waals surface area contributed by atoms with Crippen molar-refractivity contribution < 1.29 is 19.2 Å². The van der Waals surface area contributed by atoms with Crippen LogP contribution in [0.25, 0.3) is 0 Å². The Balaban J connectivity index is 1.54. The van der Waals surface area contributed by atoms with Crippen LogP contribution in [0.2, 0.25) is 5.02 Å². The van der Waals surface area contributed by atoms with E-state index in [1.54, 1.807) is 31.2 Å². The lowest BCUT2D eigenvalue weighted by Gasteiger charge is -2.21. The van der Waals surface area contributed by atoms with Crippen LogP contribution >= 0.6 is 11.6 Å². The smallest absolute Gasteiger partial charge is 0.415 e. The number of nitrogens with one attached hydrogen (secondary N) is 1. The van der Waals surface area contributed by atoms with Crippen molar-refractivity contribution in [2.75, 3.05) is 11.9 Å². The monoisotopic (exact) mass is 352 g/mol. The SMILES string of the molecule is CC1(COC(=O)Nc2ccc(Cl)cc2)Cn2cc([N+](=O)[O-])nc2O1. The van der Waals surface area contributed by atoms with E-state index in [-0.39, 0.29) is 25.0 Å². The van der Waals surface area contributed by atoms with Crippen molar-refractivity contribution >= 4 is 29.2 Å². The largest absolute Gasteiger partial charge is 0.445 e. The zero-order valence-electron chi connectivity index (χ0n) is 12.6. The van der Waals surface area contributed by atoms with Crippen molar-refractivity contribution in [3.63, 3.8) is 0 Å². The van der Waals surface area contributed by atoms with Crippen molar-refractivity contribution in [1.82, 2.24) is 9.55 Å². The summed E-state index contributed by atoms with van der Waals surface area (Å²) in [5, 5.41) is 13.8. The number of carbonyl (C=O) groups is 1. The fraction of sp³-hybridized carbons (Fsp3) is 0.286. The Labute approximate surface area is 141 Å². The van der Waals surface area contributed by atoms with E-state index in [0.29, 0.717) is 10.7 Å². The van der Waals surface area contributed by atoms with Gasteiger partial charge in [0.2, 0.25) is 0 Å². The number of rotatable bonds is 4. The highest BCUT2D eigenvalue weighted by Gasteiger charge is 2.41. The van der Waals surface area contributed by atoms with Gasteiger partial charge in [0, 0.05) is 15.7 Å². The van der Waals surface area contributed by atoms with Crippen LogP contribution in [0.3, 0.4) is 0 Å². The van der Waals surface area contributed by atoms with Gasteiger partial charge in [0.25, 0.3) is 0 Å². The van der Waals surface area contributed by atoms with Crippen LogP contribution in [-0.4, -0.2) is 32.8 Å². The summed E-state index contributed by atoms with van der Waals surface area (Å²) in [6.45, 7) is 1.98. The molecule has 0 saturated carbocycles. The van der Waals surface area contributed by atoms with Crippen molar-refractivity contribution in [3.05, 3.63) is 45.6 Å². The molecule has 9 nitrogen and oxygen atoms in total. The second kappa shape index (κ2) is 6.00. The third-order valence-electron chi connectivity index (χ3n) is 3.36. The number of imidazole rings is 1. The molecule has 3 rings (SSSR count). The minimum absolute atomic E-state index is 0.0381. The number of anilines is 1. The number of carbonyl (C=O) groups excluding carboxylic acids is 1. The fourth-order valence-electron chi connectivity index (χ4n) is 2.26. The maximum Gasteiger partial charge on any atom is 0.415 e. The molecule has 0 saturated heterocycles. The minimum atomic E-state index is -0.838. The van der Waals surface area contributed by atoms with Crippen LogP contribution in [0.4, 0.5) is 16.3 Å². The summed E-state index contributed by atoms with van der Waals surface area (Å²) in [6, 6.07) is 6.71. The summed E-state index contributed by atoms with van der Waals surface area (Å²) in [5.41, 5.74) is -0.292. The summed E-state index contributed by atoms with van der Waals surface area (Å²) in [4.78, 5) is 25.6. The maximum atomic E-state index is 11.8. The molecule has 2 heterocycles. The number of fused-ring (bicyclic) bond motifs is 1. The van der Waals surface area contributed by atoms with E-state index in [1.807, 2.05) is 0 Å². The zero-order valence-corrected chi connectivity index (χ0v) is 13.3. The number of halogens is 1. The molecule has 1 aromatic heterocycles. The van der Waals surface area contributed by atoms with Gasteiger partial charge in [-0.2, -0.15) is 0 Å². The van der Waals surface area contributed by atoms with E-state index in [0.717, 1.165) is 0 Å². The average Bonchev–Trinajstić information content (AvgIpc) is 3.03. The molecular weight excluding hydrogens is 340 g/mol. The number of benzene rings is 1. The lowest BCUT2D eigenvalue weighted by molar-refractivity contribution is -0.389. The topological polar surface area (TPSA) is 109 Å². The van der Waals surface area contributed by atoms with Crippen LogP contribution < -0.4 is 10.1 Å². The normalized spacial score (nSPS) is 18.6. The van der Waals surface area contributed by atoms with Crippen LogP contribution in [-0.2, 0) is 11.3 Å². The molecule has 1 aliphatic rings. The van der Waals surface area contributed by atoms with Gasteiger partial charge in [0.05, 0.1) is 6.54 Å². The van der Waals surface area contributed by atoms with E-state index in [4.69, 9.17) is 21.1 Å². The Hall–Kier alpha value is -2.81. The van der Waals surface area contributed by atoms with Gasteiger partial charge >= 0.3 is 17.9 Å². The lowest BCUT2D eigenvalue weighted by atomic mass is 10.1. The second-order valence-corrected chi connectivity index (χ2v) is 5.96. The Bertz CT molecular complexity index is 765. The molecule has 0 bridgehead atoms. The van der Waals surface area contributed by atoms with Crippen molar-refractivity contribution in [1.29, 1.82) is 0 Å². The predicted octanol–water partition coefficient (Wildman–Crippen LogP) is 2.84. The van der Waals surface area contributed by atoms with Gasteiger partial charge in [-0.15, -0.1) is 0 Å². The average molecular weight is 353 g/mol. The quantitative estimate of drug-likeness (QED) is 0.669. The maximum absolute atomic E-state index is 11.8. The van der Waals surface area contributed by atoms with Crippen LogP contribution in [0.15, 0.2) is 30.5 Å². The number of hydrogen-bond donors (Lipinski definition) is 1. The molecule has 1 aromatic carbocycles. The Morgan fingerprint density at radius 2 is 2.25 bits per heavy atom. The first-order valence-electron chi connectivity index (χ1n) is 6.95. The van der Waals surface area contributed by atoms with E-state index in [2.05, 4.69) is 10.3 Å². The Morgan fingerprint density at radius 3 is 2.88 bits per heavy atom. The molecule has 2 aromatic rings. The van der Waals surface area contributed by atoms with E-state index < -0.39 is 16.6 Å². The molecule has 0 spiro atoms. The first-order valence-corrected chi connectivity index (χ1v) is 7.32. The molecule has 0 radical (unpaired) electrons. The highest BCUT2D eigenvalue weighted by molar-refractivity contribution is 6.30. The summed E-state index contributed by atoms with van der Waals surface area (Å²) >= 11 is 5.77. The molecule has 1 amide bonds. The van der Waals surface area contributed by atoms with Crippen LogP contribution in [0.5, 0.6) is 6.01 Å². The van der Waals surface area contributed by atoms with Gasteiger partial charge in [0.15, 0.2) is 5.60 Å². The van der Waals surface area contributed by atoms with Gasteiger partial charge in [-0.3, -0.25) is 9.88 Å². The summed E-state index contributed by atoms with van der Waals surface area (Å²) in [6.07, 6.45) is 0.645. The molecule has 1 N–H and O–H groups in total. The fourth-order valence-corrected chi connectivity index (χ4v) is 2.39. The highest BCUT2D eigenvalue weighted by atomic mass is 35.5. The van der Waals surface area contributed by atoms with Crippen LogP contribution in [0.1, 0.15) is 6.92 Å². The van der Waals surface area contributed by atoms with E-state index in [1.165, 1.54) is 10.8 Å². The molecular formula is C14H13ClN4O5. The number of hydrogen-bond acceptors (Lipinski definition) is 6. The summed E-state index contributed by atoms with van der Waals surface area (Å²) < 4.78 is 12.2. The van der Waals surface area contributed by atoms with Gasteiger partial charge in [-0.1, -0.05) is 11.6 Å². The molecule has 0 fully saturated rings. The Kier molecular flexibility index (Phi) is 4.02. The van der Waals surface area contributed by atoms with Crippen molar-refractivity contribution in [3.8, 4) is 6.01 Å². The first-order chi connectivity index (χ1) is 11.3. The molecule has 24 heavy (non-hydrogen) atoms. The molecule has 1 atom stereocenters. The third-order valence-corrected chi connectivity index (χ3v) is 3.61. The minimum Gasteiger partial charge on any atom is -0.445 e. The molecule has 10 heteroatoms. The second-order valence-electron chi connectivity index (χ2n) is 5.53. The van der Waals surface area contributed by atoms with E-state index in [9.17, 15) is 14.9 Å². The van der Waals surface area contributed by atoms with Gasteiger partial charge < -0.3 is 19.6 Å². The number of amides is 1. The predicted molar refractivity (Wildman–Crippen MR) is 84.3 cm³/mol.